The normalized spacial score (nSPS) is 19.7. The first kappa shape index (κ1) is 22.6. The van der Waals surface area contributed by atoms with Crippen LogP contribution in [0, 0.1) is 6.92 Å². The molecule has 3 aromatic rings. The summed E-state index contributed by atoms with van der Waals surface area (Å²) in [6.45, 7) is 1.75. The number of ether oxygens (including phenoxy) is 1. The number of fused-ring (bicyclic) bond motifs is 1. The van der Waals surface area contributed by atoms with Gasteiger partial charge >= 0.3 is 5.97 Å². The highest BCUT2D eigenvalue weighted by atomic mass is 32.2. The second kappa shape index (κ2) is 9.61. The van der Waals surface area contributed by atoms with E-state index in [0.29, 0.717) is 17.3 Å². The number of rotatable bonds is 7. The van der Waals surface area contributed by atoms with E-state index in [9.17, 15) is 9.59 Å². The average Bonchev–Trinajstić information content (AvgIpc) is 3.30. The highest BCUT2D eigenvalue weighted by molar-refractivity contribution is 8.00. The molecule has 5 rings (SSSR count). The molecule has 2 aromatic carbocycles. The predicted octanol–water partition coefficient (Wildman–Crippen LogP) is 2.31. The Morgan fingerprint density at radius 2 is 1.82 bits per heavy atom. The van der Waals surface area contributed by atoms with Crippen LogP contribution in [0.5, 0.6) is 0 Å². The minimum Gasteiger partial charge on any atom is -0.448 e. The smallest absolute Gasteiger partial charge is 0.356 e. The van der Waals surface area contributed by atoms with Gasteiger partial charge in [-0.05, 0) is 28.8 Å². The van der Waals surface area contributed by atoms with Gasteiger partial charge in [-0.1, -0.05) is 60.7 Å². The molecule has 2 atom stereocenters. The fourth-order valence-corrected chi connectivity index (χ4v) is 6.08. The van der Waals surface area contributed by atoms with Gasteiger partial charge < -0.3 is 10.5 Å². The van der Waals surface area contributed by atoms with Crippen molar-refractivity contribution in [2.75, 3.05) is 11.5 Å². The second-order valence-electron chi connectivity index (χ2n) is 7.86. The van der Waals surface area contributed by atoms with Gasteiger partial charge in [-0.3, -0.25) is 9.69 Å². The number of amides is 1. The summed E-state index contributed by atoms with van der Waals surface area (Å²) < 4.78 is 7.49. The standard InChI is InChI=1S/C23H22N6O3S2/c1-14-25-27-29(26-14)34-13-17-12-33-22-18(24)21(30)28(22)19(17)23(31)32-20(15-8-4-2-5-9-15)16-10-6-3-7-11-16/h2-11,18,20,22H,12-13,24H2,1H3/t18?,22-/m1/s1. The van der Waals surface area contributed by atoms with Gasteiger partial charge in [-0.15, -0.1) is 26.2 Å². The molecule has 1 saturated heterocycles. The molecule has 2 aliphatic heterocycles. The van der Waals surface area contributed by atoms with Crippen molar-refractivity contribution in [3.63, 3.8) is 0 Å². The summed E-state index contributed by atoms with van der Waals surface area (Å²) in [7, 11) is 0. The van der Waals surface area contributed by atoms with E-state index in [1.165, 1.54) is 21.0 Å². The van der Waals surface area contributed by atoms with Crippen molar-refractivity contribution in [3.8, 4) is 0 Å². The molecule has 0 spiro atoms. The predicted molar refractivity (Wildman–Crippen MR) is 129 cm³/mol. The quantitative estimate of drug-likeness (QED) is 0.390. The SMILES string of the molecule is Cc1nnn(SCC2=C(C(=O)OC(c3ccccc3)c3ccccc3)N3C(=O)C(N)[C@H]3SC2)n1. The molecule has 34 heavy (non-hydrogen) atoms. The number of β-lactam (4-membered cyclic amide) rings is 1. The molecule has 2 N–H and O–H groups in total. The number of nitrogens with zero attached hydrogens (tertiary/aromatic N) is 5. The molecule has 0 aliphatic carbocycles. The number of carbonyl (C=O) groups excluding carboxylic acids is 2. The van der Waals surface area contributed by atoms with E-state index in [0.717, 1.165) is 16.7 Å². The third-order valence-electron chi connectivity index (χ3n) is 5.56. The molecule has 9 nitrogen and oxygen atoms in total. The Hall–Kier alpha value is -3.15. The Morgan fingerprint density at radius 1 is 1.18 bits per heavy atom. The molecule has 1 unspecified atom stereocenters. The number of nitrogens with two attached hydrogens (primary N) is 1. The average molecular weight is 495 g/mol. The summed E-state index contributed by atoms with van der Waals surface area (Å²) in [5.41, 5.74) is 8.73. The van der Waals surface area contributed by atoms with Crippen LogP contribution in [0.2, 0.25) is 0 Å². The zero-order valence-corrected chi connectivity index (χ0v) is 19.9. The fraction of sp³-hybridized carbons (Fsp3) is 0.261. The summed E-state index contributed by atoms with van der Waals surface area (Å²) in [5.74, 6) is 0.671. The summed E-state index contributed by atoms with van der Waals surface area (Å²) in [5, 5.41) is 11.7. The van der Waals surface area contributed by atoms with E-state index in [1.807, 2.05) is 60.7 Å². The molecule has 0 saturated carbocycles. The van der Waals surface area contributed by atoms with Crippen molar-refractivity contribution in [2.45, 2.75) is 24.4 Å². The van der Waals surface area contributed by atoms with Crippen LogP contribution in [-0.2, 0) is 14.3 Å². The van der Waals surface area contributed by atoms with E-state index >= 15 is 0 Å². The summed E-state index contributed by atoms with van der Waals surface area (Å²) in [6, 6.07) is 18.5. The summed E-state index contributed by atoms with van der Waals surface area (Å²) >= 11 is 2.84. The van der Waals surface area contributed by atoms with Gasteiger partial charge in [0, 0.05) is 23.5 Å². The lowest BCUT2D eigenvalue weighted by atomic mass is 10.0. The zero-order valence-electron chi connectivity index (χ0n) is 18.3. The molecule has 1 aromatic heterocycles. The van der Waals surface area contributed by atoms with Crippen molar-refractivity contribution < 1.29 is 14.3 Å². The Balaban J connectivity index is 1.47. The van der Waals surface area contributed by atoms with E-state index in [1.54, 1.807) is 18.7 Å². The van der Waals surface area contributed by atoms with Crippen molar-refractivity contribution in [3.05, 3.63) is 88.9 Å². The van der Waals surface area contributed by atoms with Crippen LogP contribution in [0.4, 0.5) is 0 Å². The largest absolute Gasteiger partial charge is 0.448 e. The Morgan fingerprint density at radius 3 is 2.41 bits per heavy atom. The number of aromatic nitrogens is 4. The molecule has 1 amide bonds. The van der Waals surface area contributed by atoms with Crippen molar-refractivity contribution in [2.24, 2.45) is 5.73 Å². The Kier molecular flexibility index (Phi) is 6.40. The van der Waals surface area contributed by atoms with E-state index < -0.39 is 18.1 Å². The first-order valence-corrected chi connectivity index (χ1v) is 12.6. The van der Waals surface area contributed by atoms with Crippen molar-refractivity contribution in [1.29, 1.82) is 0 Å². The maximum absolute atomic E-state index is 13.6. The lowest BCUT2D eigenvalue weighted by Gasteiger charge is -2.48. The second-order valence-corrected chi connectivity index (χ2v) is 9.84. The van der Waals surface area contributed by atoms with E-state index in [2.05, 4.69) is 15.4 Å². The molecular formula is C23H22N6O3S2. The first-order chi connectivity index (χ1) is 16.5. The van der Waals surface area contributed by atoms with Crippen molar-refractivity contribution >= 4 is 35.6 Å². The molecule has 0 bridgehead atoms. The number of benzene rings is 2. The molecule has 0 radical (unpaired) electrons. The van der Waals surface area contributed by atoms with Gasteiger partial charge in [0.25, 0.3) is 0 Å². The van der Waals surface area contributed by atoms with Crippen LogP contribution in [-0.4, -0.2) is 59.3 Å². The van der Waals surface area contributed by atoms with Crippen LogP contribution < -0.4 is 5.73 Å². The minimum atomic E-state index is -0.624. The van der Waals surface area contributed by atoms with Crippen LogP contribution in [0.1, 0.15) is 23.1 Å². The fourth-order valence-electron chi connectivity index (χ4n) is 3.88. The van der Waals surface area contributed by atoms with Gasteiger partial charge in [0.2, 0.25) is 5.91 Å². The molecule has 3 heterocycles. The minimum absolute atomic E-state index is 0.261. The highest BCUT2D eigenvalue weighted by Gasteiger charge is 2.52. The van der Waals surface area contributed by atoms with Gasteiger partial charge in [0.15, 0.2) is 11.9 Å². The van der Waals surface area contributed by atoms with Gasteiger partial charge in [0.05, 0.1) is 0 Å². The number of tetrazole rings is 1. The van der Waals surface area contributed by atoms with E-state index in [4.69, 9.17) is 10.5 Å². The van der Waals surface area contributed by atoms with Crippen LogP contribution in [0.3, 0.4) is 0 Å². The van der Waals surface area contributed by atoms with Crippen LogP contribution >= 0.6 is 23.7 Å². The third-order valence-corrected chi connectivity index (χ3v) is 7.79. The third kappa shape index (κ3) is 4.33. The molecular weight excluding hydrogens is 472 g/mol. The molecule has 174 valence electrons. The maximum Gasteiger partial charge on any atom is 0.356 e. The Bertz CT molecular complexity index is 1190. The number of aryl methyl sites for hydroxylation is 1. The number of esters is 1. The molecule has 2 aliphatic rings. The van der Waals surface area contributed by atoms with E-state index in [-0.39, 0.29) is 17.0 Å². The topological polar surface area (TPSA) is 116 Å². The summed E-state index contributed by atoms with van der Waals surface area (Å²) in [4.78, 5) is 27.8. The monoisotopic (exact) mass is 494 g/mol. The number of hydrogen-bond donors (Lipinski definition) is 1. The lowest BCUT2D eigenvalue weighted by molar-refractivity contribution is -0.153. The number of thioether (sulfide) groups is 1. The van der Waals surface area contributed by atoms with Gasteiger partial charge in [-0.25, -0.2) is 4.79 Å². The van der Waals surface area contributed by atoms with Crippen LogP contribution in [0.25, 0.3) is 0 Å². The molecule has 11 heteroatoms. The maximum atomic E-state index is 13.6. The highest BCUT2D eigenvalue weighted by Crippen LogP contribution is 2.41. The van der Waals surface area contributed by atoms with Gasteiger partial charge in [-0.2, -0.15) is 0 Å². The molecule has 1 fully saturated rings. The van der Waals surface area contributed by atoms with Gasteiger partial charge in [0.1, 0.15) is 17.1 Å². The summed E-state index contributed by atoms with van der Waals surface area (Å²) in [6.07, 6.45) is -0.617. The first-order valence-electron chi connectivity index (χ1n) is 10.7. The van der Waals surface area contributed by atoms with Crippen LogP contribution in [0.15, 0.2) is 71.9 Å². The van der Waals surface area contributed by atoms with Crippen molar-refractivity contribution in [1.82, 2.24) is 24.5 Å². The Labute approximate surface area is 204 Å². The number of hydrogen-bond acceptors (Lipinski definition) is 9. The number of carbonyl (C=O) groups is 2. The lowest BCUT2D eigenvalue weighted by Crippen LogP contribution is -2.68. The zero-order chi connectivity index (χ0) is 23.7.